The van der Waals surface area contributed by atoms with Crippen LogP contribution in [0.4, 0.5) is 18.9 Å². The van der Waals surface area contributed by atoms with Crippen molar-refractivity contribution in [3.63, 3.8) is 0 Å². The molecular weight excluding hydrogens is 355 g/mol. The summed E-state index contributed by atoms with van der Waals surface area (Å²) >= 11 is 0. The number of hydrogen-bond donors (Lipinski definition) is 1. The Kier molecular flexibility index (Phi) is 6.52. The lowest BCUT2D eigenvalue weighted by Crippen LogP contribution is -2.22. The van der Waals surface area contributed by atoms with Gasteiger partial charge in [0.25, 0.3) is 5.91 Å². The quantitative estimate of drug-likeness (QED) is 0.671. The van der Waals surface area contributed by atoms with Crippen LogP contribution in [-0.4, -0.2) is 12.5 Å². The van der Waals surface area contributed by atoms with Crippen LogP contribution in [-0.2, 0) is 11.0 Å². The van der Waals surface area contributed by atoms with Gasteiger partial charge in [0.05, 0.1) is 5.56 Å². The zero-order valence-corrected chi connectivity index (χ0v) is 15.9. The molecule has 2 rings (SSSR count). The van der Waals surface area contributed by atoms with Gasteiger partial charge in [-0.15, -0.1) is 0 Å². The second kappa shape index (κ2) is 8.46. The van der Waals surface area contributed by atoms with Crippen molar-refractivity contribution in [2.24, 2.45) is 0 Å². The molecule has 0 saturated heterocycles. The number of nitrogens with one attached hydrogen (secondary N) is 1. The molecule has 27 heavy (non-hydrogen) atoms. The monoisotopic (exact) mass is 379 g/mol. The minimum absolute atomic E-state index is 0.208. The molecule has 0 aromatic heterocycles. The van der Waals surface area contributed by atoms with Crippen molar-refractivity contribution in [2.45, 2.75) is 45.7 Å². The molecule has 0 saturated carbocycles. The van der Waals surface area contributed by atoms with Gasteiger partial charge in [0.2, 0.25) is 0 Å². The van der Waals surface area contributed by atoms with Crippen LogP contribution in [0.25, 0.3) is 0 Å². The van der Waals surface area contributed by atoms with E-state index in [1.165, 1.54) is 12.1 Å². The Hall–Kier alpha value is -2.50. The lowest BCUT2D eigenvalue weighted by molar-refractivity contribution is -0.137. The third kappa shape index (κ3) is 5.49. The first-order valence-corrected chi connectivity index (χ1v) is 8.82. The molecule has 0 unspecified atom stereocenters. The van der Waals surface area contributed by atoms with E-state index in [4.69, 9.17) is 4.74 Å². The lowest BCUT2D eigenvalue weighted by atomic mass is 9.92. The van der Waals surface area contributed by atoms with Crippen molar-refractivity contribution in [3.8, 4) is 5.75 Å². The molecule has 0 spiro atoms. The molecular formula is C21H24F3NO2. The van der Waals surface area contributed by atoms with Crippen molar-refractivity contribution >= 4 is 11.6 Å². The van der Waals surface area contributed by atoms with Gasteiger partial charge in [-0.25, -0.2) is 0 Å². The first-order valence-electron chi connectivity index (χ1n) is 8.82. The summed E-state index contributed by atoms with van der Waals surface area (Å²) in [5.74, 6) is 0.314. The van der Waals surface area contributed by atoms with E-state index in [0.29, 0.717) is 0 Å². The third-order valence-corrected chi connectivity index (χ3v) is 4.19. The minimum atomic E-state index is -4.40. The van der Waals surface area contributed by atoms with Gasteiger partial charge in [0.1, 0.15) is 5.75 Å². The van der Waals surface area contributed by atoms with Gasteiger partial charge in [-0.3, -0.25) is 4.79 Å². The van der Waals surface area contributed by atoms with E-state index >= 15 is 0 Å². The molecule has 1 amide bonds. The van der Waals surface area contributed by atoms with Crippen molar-refractivity contribution in [3.05, 3.63) is 59.2 Å². The SMILES string of the molecule is CC(C)c1cccc(C(C)C)c1NC(=O)COc1ccc(C(F)(F)F)cc1. The number of para-hydroxylation sites is 1. The summed E-state index contributed by atoms with van der Waals surface area (Å²) in [6.07, 6.45) is -4.40. The largest absolute Gasteiger partial charge is 0.484 e. The van der Waals surface area contributed by atoms with E-state index in [1.54, 1.807) is 0 Å². The molecule has 1 N–H and O–H groups in total. The Morgan fingerprint density at radius 3 is 1.93 bits per heavy atom. The fourth-order valence-corrected chi connectivity index (χ4v) is 2.76. The average Bonchev–Trinajstić information content (AvgIpc) is 2.59. The molecule has 0 aliphatic heterocycles. The third-order valence-electron chi connectivity index (χ3n) is 4.19. The lowest BCUT2D eigenvalue weighted by Gasteiger charge is -2.20. The maximum Gasteiger partial charge on any atom is 0.416 e. The maximum atomic E-state index is 12.6. The van der Waals surface area contributed by atoms with Crippen molar-refractivity contribution < 1.29 is 22.7 Å². The highest BCUT2D eigenvalue weighted by atomic mass is 19.4. The van der Waals surface area contributed by atoms with Crippen LogP contribution in [0.2, 0.25) is 0 Å². The van der Waals surface area contributed by atoms with Crippen molar-refractivity contribution in [1.29, 1.82) is 0 Å². The van der Waals surface area contributed by atoms with E-state index < -0.39 is 11.7 Å². The highest BCUT2D eigenvalue weighted by Gasteiger charge is 2.30. The summed E-state index contributed by atoms with van der Waals surface area (Å²) in [5.41, 5.74) is 2.09. The smallest absolute Gasteiger partial charge is 0.416 e. The summed E-state index contributed by atoms with van der Waals surface area (Å²) in [5, 5.41) is 2.90. The van der Waals surface area contributed by atoms with Crippen molar-refractivity contribution in [2.75, 3.05) is 11.9 Å². The summed E-state index contributed by atoms with van der Waals surface area (Å²) < 4.78 is 43.1. The molecule has 2 aromatic carbocycles. The molecule has 0 atom stereocenters. The Bertz CT molecular complexity index is 755. The Morgan fingerprint density at radius 1 is 0.963 bits per heavy atom. The predicted molar refractivity (Wildman–Crippen MR) is 100 cm³/mol. The summed E-state index contributed by atoms with van der Waals surface area (Å²) in [6, 6.07) is 10.2. The molecule has 0 aliphatic rings. The number of benzene rings is 2. The van der Waals surface area contributed by atoms with Crippen LogP contribution in [0.3, 0.4) is 0 Å². The van der Waals surface area contributed by atoms with E-state index in [0.717, 1.165) is 28.9 Å². The Labute approximate surface area is 157 Å². The highest BCUT2D eigenvalue weighted by Crippen LogP contribution is 2.32. The molecule has 6 heteroatoms. The number of carbonyl (C=O) groups is 1. The van der Waals surface area contributed by atoms with Crippen LogP contribution in [0.1, 0.15) is 56.2 Å². The van der Waals surface area contributed by atoms with E-state index in [2.05, 4.69) is 5.32 Å². The zero-order valence-electron chi connectivity index (χ0n) is 15.9. The van der Waals surface area contributed by atoms with Gasteiger partial charge < -0.3 is 10.1 Å². The van der Waals surface area contributed by atoms with Gasteiger partial charge in [0.15, 0.2) is 6.61 Å². The second-order valence-electron chi connectivity index (χ2n) is 6.98. The van der Waals surface area contributed by atoms with Crippen LogP contribution in [0.15, 0.2) is 42.5 Å². The standard InChI is InChI=1S/C21H24F3NO2/c1-13(2)17-6-5-7-18(14(3)4)20(17)25-19(26)12-27-16-10-8-15(9-11-16)21(22,23)24/h5-11,13-14H,12H2,1-4H3,(H,25,26). The molecule has 0 radical (unpaired) electrons. The molecule has 2 aromatic rings. The molecule has 0 aliphatic carbocycles. The summed E-state index contributed by atoms with van der Waals surface area (Å²) in [6.45, 7) is 7.92. The number of ether oxygens (including phenoxy) is 1. The molecule has 3 nitrogen and oxygen atoms in total. The molecule has 146 valence electrons. The van der Waals surface area contributed by atoms with Crippen LogP contribution < -0.4 is 10.1 Å². The topological polar surface area (TPSA) is 38.3 Å². The van der Waals surface area contributed by atoms with Gasteiger partial charge in [0, 0.05) is 5.69 Å². The first kappa shape index (κ1) is 20.8. The summed E-state index contributed by atoms with van der Waals surface area (Å²) in [4.78, 5) is 12.3. The van der Waals surface area contributed by atoms with Crippen molar-refractivity contribution in [1.82, 2.24) is 0 Å². The number of amides is 1. The number of alkyl halides is 3. The maximum absolute atomic E-state index is 12.6. The van der Waals surface area contributed by atoms with Crippen LogP contribution in [0, 0.1) is 0 Å². The van der Waals surface area contributed by atoms with E-state index in [-0.39, 0.29) is 30.1 Å². The second-order valence-corrected chi connectivity index (χ2v) is 6.98. The van der Waals surface area contributed by atoms with Gasteiger partial charge >= 0.3 is 6.18 Å². The highest BCUT2D eigenvalue weighted by molar-refractivity contribution is 5.93. The summed E-state index contributed by atoms with van der Waals surface area (Å²) in [7, 11) is 0. The predicted octanol–water partition coefficient (Wildman–Crippen LogP) is 5.97. The van der Waals surface area contributed by atoms with Crippen LogP contribution in [0.5, 0.6) is 5.75 Å². The van der Waals surface area contributed by atoms with Gasteiger partial charge in [-0.05, 0) is 47.2 Å². The Morgan fingerprint density at radius 2 is 1.48 bits per heavy atom. The normalized spacial score (nSPS) is 11.7. The Balaban J connectivity index is 2.08. The number of anilines is 1. The van der Waals surface area contributed by atoms with E-state index in [1.807, 2.05) is 45.9 Å². The van der Waals surface area contributed by atoms with Gasteiger partial charge in [-0.2, -0.15) is 13.2 Å². The number of hydrogen-bond acceptors (Lipinski definition) is 2. The first-order chi connectivity index (χ1) is 12.6. The number of halogens is 3. The minimum Gasteiger partial charge on any atom is -0.484 e. The zero-order chi connectivity index (χ0) is 20.2. The number of carbonyl (C=O) groups excluding carboxylic acids is 1. The van der Waals surface area contributed by atoms with E-state index in [9.17, 15) is 18.0 Å². The van der Waals surface area contributed by atoms with Gasteiger partial charge in [-0.1, -0.05) is 45.9 Å². The molecule has 0 fully saturated rings. The molecule has 0 heterocycles. The fraction of sp³-hybridized carbons (Fsp3) is 0.381. The average molecular weight is 379 g/mol. The molecule has 0 bridgehead atoms. The number of rotatable bonds is 6. The van der Waals surface area contributed by atoms with Crippen LogP contribution >= 0.6 is 0 Å². The fourth-order valence-electron chi connectivity index (χ4n) is 2.76.